The third-order valence-electron chi connectivity index (χ3n) is 3.61. The van der Waals surface area contributed by atoms with E-state index in [0.29, 0.717) is 17.0 Å². The van der Waals surface area contributed by atoms with Crippen molar-refractivity contribution in [3.8, 4) is 6.07 Å². The first-order chi connectivity index (χ1) is 11.9. The van der Waals surface area contributed by atoms with Gasteiger partial charge in [0.05, 0.1) is 17.7 Å². The van der Waals surface area contributed by atoms with Gasteiger partial charge in [0.2, 0.25) is 5.78 Å². The normalized spacial score (nSPS) is 11.1. The lowest BCUT2D eigenvalue weighted by Gasteiger charge is -2.05. The molecular formula is C19H17FN2O3. The SMILES string of the molecule is CCOC(=O)c1c(C)[nH]c(C)c1C(=O)/C(C#N)=C/c1cccc(F)c1. The Labute approximate surface area is 144 Å². The Balaban J connectivity index is 2.52. The largest absolute Gasteiger partial charge is 0.462 e. The lowest BCUT2D eigenvalue weighted by Crippen LogP contribution is -2.13. The number of aromatic nitrogens is 1. The zero-order valence-electron chi connectivity index (χ0n) is 14.1. The molecule has 25 heavy (non-hydrogen) atoms. The highest BCUT2D eigenvalue weighted by atomic mass is 19.1. The van der Waals surface area contributed by atoms with Crippen molar-refractivity contribution < 1.29 is 18.7 Å². The molecule has 1 aromatic carbocycles. The van der Waals surface area contributed by atoms with Crippen molar-refractivity contribution in [2.75, 3.05) is 6.61 Å². The maximum atomic E-state index is 13.3. The van der Waals surface area contributed by atoms with Gasteiger partial charge in [0.25, 0.3) is 0 Å². The Morgan fingerprint density at radius 2 is 1.96 bits per heavy atom. The molecule has 1 aromatic heterocycles. The lowest BCUT2D eigenvalue weighted by atomic mass is 9.98. The van der Waals surface area contributed by atoms with Gasteiger partial charge in [-0.25, -0.2) is 9.18 Å². The molecule has 0 amide bonds. The molecule has 1 heterocycles. The number of Topliss-reactive ketones (excluding diaryl/α,β-unsaturated/α-hetero) is 1. The van der Waals surface area contributed by atoms with Gasteiger partial charge in [-0.05, 0) is 44.5 Å². The zero-order valence-corrected chi connectivity index (χ0v) is 14.1. The molecule has 0 unspecified atom stereocenters. The van der Waals surface area contributed by atoms with Crippen LogP contribution in [0.3, 0.4) is 0 Å². The summed E-state index contributed by atoms with van der Waals surface area (Å²) in [6, 6.07) is 7.37. The highest BCUT2D eigenvalue weighted by molar-refractivity contribution is 6.19. The van der Waals surface area contributed by atoms with Gasteiger partial charge in [0, 0.05) is 11.4 Å². The van der Waals surface area contributed by atoms with Crippen molar-refractivity contribution in [3.05, 3.63) is 63.7 Å². The van der Waals surface area contributed by atoms with E-state index in [1.54, 1.807) is 26.8 Å². The first-order valence-electron chi connectivity index (χ1n) is 7.67. The fourth-order valence-corrected chi connectivity index (χ4v) is 2.57. The van der Waals surface area contributed by atoms with Crippen LogP contribution < -0.4 is 0 Å². The molecule has 1 N–H and O–H groups in total. The number of allylic oxidation sites excluding steroid dienone is 1. The van der Waals surface area contributed by atoms with Crippen LogP contribution in [0.2, 0.25) is 0 Å². The Bertz CT molecular complexity index is 904. The number of nitrogens with zero attached hydrogens (tertiary/aromatic N) is 1. The molecule has 128 valence electrons. The number of nitriles is 1. The number of carbonyl (C=O) groups is 2. The average Bonchev–Trinajstić information content (AvgIpc) is 2.86. The van der Waals surface area contributed by atoms with E-state index in [9.17, 15) is 19.2 Å². The minimum absolute atomic E-state index is 0.0974. The van der Waals surface area contributed by atoms with Crippen LogP contribution in [0.1, 0.15) is 44.6 Å². The van der Waals surface area contributed by atoms with Gasteiger partial charge in [0.15, 0.2) is 0 Å². The summed E-state index contributed by atoms with van der Waals surface area (Å²) in [7, 11) is 0. The molecule has 0 saturated carbocycles. The van der Waals surface area contributed by atoms with Crippen LogP contribution >= 0.6 is 0 Å². The van der Waals surface area contributed by atoms with Crippen molar-refractivity contribution in [2.45, 2.75) is 20.8 Å². The Kier molecular flexibility index (Phi) is 5.50. The van der Waals surface area contributed by atoms with Gasteiger partial charge in [-0.2, -0.15) is 5.26 Å². The van der Waals surface area contributed by atoms with Crippen LogP contribution in [-0.2, 0) is 4.74 Å². The summed E-state index contributed by atoms with van der Waals surface area (Å²) in [5.41, 5.74) is 1.35. The molecule has 2 aromatic rings. The van der Waals surface area contributed by atoms with Crippen LogP contribution in [0.5, 0.6) is 0 Å². The van der Waals surface area contributed by atoms with E-state index in [1.807, 2.05) is 6.07 Å². The van der Waals surface area contributed by atoms with Gasteiger partial charge in [0.1, 0.15) is 17.5 Å². The van der Waals surface area contributed by atoms with E-state index in [0.717, 1.165) is 0 Å². The molecule has 0 radical (unpaired) electrons. The number of ether oxygens (including phenoxy) is 1. The topological polar surface area (TPSA) is 83.0 Å². The van der Waals surface area contributed by atoms with Crippen molar-refractivity contribution in [2.24, 2.45) is 0 Å². The number of hydrogen-bond donors (Lipinski definition) is 1. The van der Waals surface area contributed by atoms with Crippen molar-refractivity contribution in [1.29, 1.82) is 5.26 Å². The number of esters is 1. The molecule has 0 atom stereocenters. The summed E-state index contributed by atoms with van der Waals surface area (Å²) >= 11 is 0. The average molecular weight is 340 g/mol. The highest BCUT2D eigenvalue weighted by Crippen LogP contribution is 2.23. The second-order valence-electron chi connectivity index (χ2n) is 5.40. The molecule has 0 saturated heterocycles. The van der Waals surface area contributed by atoms with Crippen LogP contribution in [0, 0.1) is 31.0 Å². The lowest BCUT2D eigenvalue weighted by molar-refractivity contribution is 0.0523. The number of halogens is 1. The number of rotatable bonds is 5. The Hall–Kier alpha value is -3.20. The summed E-state index contributed by atoms with van der Waals surface area (Å²) in [6.45, 7) is 5.12. The third-order valence-corrected chi connectivity index (χ3v) is 3.61. The van der Waals surface area contributed by atoms with Crippen molar-refractivity contribution in [1.82, 2.24) is 4.98 Å². The molecule has 0 aliphatic rings. The zero-order chi connectivity index (χ0) is 18.6. The standard InChI is InChI=1S/C19H17FN2O3/c1-4-25-19(24)17-12(3)22-11(2)16(17)18(23)14(10-21)8-13-6-5-7-15(20)9-13/h5-9,22H,4H2,1-3H3/b14-8+. The van der Waals surface area contributed by atoms with Crippen molar-refractivity contribution in [3.63, 3.8) is 0 Å². The Morgan fingerprint density at radius 1 is 1.28 bits per heavy atom. The number of aryl methyl sites for hydroxylation is 2. The first-order valence-corrected chi connectivity index (χ1v) is 7.67. The number of carbonyl (C=O) groups excluding carboxylic acids is 2. The summed E-state index contributed by atoms with van der Waals surface area (Å²) in [4.78, 5) is 27.9. The number of ketones is 1. The van der Waals surface area contributed by atoms with E-state index >= 15 is 0 Å². The second-order valence-corrected chi connectivity index (χ2v) is 5.40. The summed E-state index contributed by atoms with van der Waals surface area (Å²) in [6.07, 6.45) is 1.29. The molecule has 0 aliphatic carbocycles. The van der Waals surface area contributed by atoms with Gasteiger partial charge in [-0.1, -0.05) is 12.1 Å². The Morgan fingerprint density at radius 3 is 2.56 bits per heavy atom. The van der Waals surface area contributed by atoms with Crippen molar-refractivity contribution >= 4 is 17.8 Å². The predicted octanol–water partition coefficient (Wildman–Crippen LogP) is 3.74. The fourth-order valence-electron chi connectivity index (χ4n) is 2.57. The van der Waals surface area contributed by atoms with Crippen LogP contribution in [0.25, 0.3) is 6.08 Å². The smallest absolute Gasteiger partial charge is 0.340 e. The monoisotopic (exact) mass is 340 g/mol. The van der Waals surface area contributed by atoms with Gasteiger partial charge < -0.3 is 9.72 Å². The van der Waals surface area contributed by atoms with E-state index in [1.165, 1.54) is 24.3 Å². The minimum Gasteiger partial charge on any atom is -0.462 e. The van der Waals surface area contributed by atoms with E-state index in [4.69, 9.17) is 4.74 Å². The third kappa shape index (κ3) is 3.83. The predicted molar refractivity (Wildman–Crippen MR) is 90.5 cm³/mol. The summed E-state index contributed by atoms with van der Waals surface area (Å²) < 4.78 is 18.3. The molecular weight excluding hydrogens is 323 g/mol. The van der Waals surface area contributed by atoms with Crippen LogP contribution in [0.4, 0.5) is 4.39 Å². The molecule has 0 spiro atoms. The van der Waals surface area contributed by atoms with Gasteiger partial charge >= 0.3 is 5.97 Å². The van der Waals surface area contributed by atoms with Crippen LogP contribution in [-0.4, -0.2) is 23.3 Å². The minimum atomic E-state index is -0.629. The molecule has 0 fully saturated rings. The summed E-state index contributed by atoms with van der Waals surface area (Å²) in [5, 5.41) is 9.36. The summed E-state index contributed by atoms with van der Waals surface area (Å²) in [5.74, 6) is -1.72. The molecule has 0 aliphatic heterocycles. The number of nitrogens with one attached hydrogen (secondary N) is 1. The molecule has 2 rings (SSSR count). The number of H-pyrrole nitrogens is 1. The first kappa shape index (κ1) is 18.1. The fraction of sp³-hybridized carbons (Fsp3) is 0.211. The highest BCUT2D eigenvalue weighted by Gasteiger charge is 2.27. The van der Waals surface area contributed by atoms with E-state index in [2.05, 4.69) is 4.98 Å². The maximum Gasteiger partial charge on any atom is 0.340 e. The van der Waals surface area contributed by atoms with Gasteiger partial charge in [-0.15, -0.1) is 0 Å². The van der Waals surface area contributed by atoms with Crippen LogP contribution in [0.15, 0.2) is 29.8 Å². The molecule has 6 heteroatoms. The molecule has 5 nitrogen and oxygen atoms in total. The van der Waals surface area contributed by atoms with E-state index in [-0.39, 0.29) is 23.3 Å². The number of aromatic amines is 1. The van der Waals surface area contributed by atoms with Gasteiger partial charge in [-0.3, -0.25) is 4.79 Å². The number of hydrogen-bond acceptors (Lipinski definition) is 4. The molecule has 0 bridgehead atoms. The quantitative estimate of drug-likeness (QED) is 0.389. The number of benzene rings is 1. The second kappa shape index (κ2) is 7.58. The van der Waals surface area contributed by atoms with E-state index < -0.39 is 17.6 Å². The maximum absolute atomic E-state index is 13.3.